The quantitative estimate of drug-likeness (QED) is 0.430. The van der Waals surface area contributed by atoms with Crippen molar-refractivity contribution in [2.75, 3.05) is 9.62 Å². The van der Waals surface area contributed by atoms with E-state index in [2.05, 4.69) is 5.32 Å². The Hall–Kier alpha value is -3.43. The molecule has 3 aromatic rings. The fourth-order valence-electron chi connectivity index (χ4n) is 3.73. The molecule has 3 aromatic carbocycles. The number of nitro groups is 1. The average molecular weight is 472 g/mol. The van der Waals surface area contributed by atoms with Gasteiger partial charge in [-0.15, -0.1) is 0 Å². The van der Waals surface area contributed by atoms with Crippen LogP contribution in [0.2, 0.25) is 5.02 Å². The minimum Gasteiger partial charge on any atom is -0.322 e. The van der Waals surface area contributed by atoms with Gasteiger partial charge in [0.1, 0.15) is 0 Å². The third-order valence-corrected chi connectivity index (χ3v) is 7.37. The number of benzene rings is 3. The predicted molar refractivity (Wildman–Crippen MR) is 122 cm³/mol. The highest BCUT2D eigenvalue weighted by Gasteiger charge is 2.36. The Balaban J connectivity index is 1.61. The highest BCUT2D eigenvalue weighted by atomic mass is 35.5. The van der Waals surface area contributed by atoms with Crippen LogP contribution in [0.4, 0.5) is 17.1 Å². The Morgan fingerprint density at radius 3 is 2.53 bits per heavy atom. The number of sulfonamides is 1. The molecule has 32 heavy (non-hydrogen) atoms. The number of nitrogens with zero attached hydrogens (tertiary/aromatic N) is 2. The normalized spacial score (nSPS) is 15.3. The summed E-state index contributed by atoms with van der Waals surface area (Å²) in [5.41, 5.74) is 1.73. The lowest BCUT2D eigenvalue weighted by Gasteiger charge is -2.24. The summed E-state index contributed by atoms with van der Waals surface area (Å²) in [7, 11) is -3.80. The number of hydrogen-bond donors (Lipinski definition) is 1. The van der Waals surface area contributed by atoms with Gasteiger partial charge in [0.25, 0.3) is 21.6 Å². The summed E-state index contributed by atoms with van der Waals surface area (Å²) < 4.78 is 27.8. The maximum absolute atomic E-state index is 13.2. The smallest absolute Gasteiger partial charge is 0.271 e. The lowest BCUT2D eigenvalue weighted by atomic mass is 10.1. The van der Waals surface area contributed by atoms with Gasteiger partial charge in [-0.3, -0.25) is 19.2 Å². The van der Waals surface area contributed by atoms with Gasteiger partial charge in [0.15, 0.2) is 0 Å². The SMILES string of the molecule is C[C@H]1Cc2cc(C(=O)Nc3cccc([N+](=O)[O-])c3)ccc2N1S(=O)(=O)c1ccc(Cl)cc1. The summed E-state index contributed by atoms with van der Waals surface area (Å²) in [5.74, 6) is -0.444. The zero-order chi connectivity index (χ0) is 23.0. The van der Waals surface area contributed by atoms with Crippen LogP contribution in [0.3, 0.4) is 0 Å². The Morgan fingerprint density at radius 1 is 1.12 bits per heavy atom. The lowest BCUT2D eigenvalue weighted by Crippen LogP contribution is -2.35. The van der Waals surface area contributed by atoms with Crippen molar-refractivity contribution < 1.29 is 18.1 Å². The number of nitro benzene ring substituents is 1. The van der Waals surface area contributed by atoms with Crippen molar-refractivity contribution in [1.29, 1.82) is 0 Å². The highest BCUT2D eigenvalue weighted by Crippen LogP contribution is 2.37. The molecule has 1 atom stereocenters. The van der Waals surface area contributed by atoms with E-state index < -0.39 is 20.9 Å². The number of fused-ring (bicyclic) bond motifs is 1. The highest BCUT2D eigenvalue weighted by molar-refractivity contribution is 7.92. The van der Waals surface area contributed by atoms with E-state index in [1.807, 2.05) is 0 Å². The molecule has 0 fully saturated rings. The third kappa shape index (κ3) is 4.04. The van der Waals surface area contributed by atoms with Crippen LogP contribution in [0.15, 0.2) is 71.6 Å². The second kappa shape index (κ2) is 8.25. The van der Waals surface area contributed by atoms with Gasteiger partial charge >= 0.3 is 0 Å². The molecule has 0 saturated heterocycles. The Morgan fingerprint density at radius 2 is 1.84 bits per heavy atom. The zero-order valence-electron chi connectivity index (χ0n) is 16.9. The molecular formula is C22H18ClN3O5S. The molecule has 0 spiro atoms. The minimum absolute atomic E-state index is 0.131. The maximum Gasteiger partial charge on any atom is 0.271 e. The van der Waals surface area contributed by atoms with Gasteiger partial charge in [0, 0.05) is 34.4 Å². The van der Waals surface area contributed by atoms with Gasteiger partial charge in [-0.1, -0.05) is 17.7 Å². The molecule has 1 aliphatic rings. The molecule has 0 unspecified atom stereocenters. The molecule has 0 bridgehead atoms. The first-order valence-electron chi connectivity index (χ1n) is 9.65. The van der Waals surface area contributed by atoms with Gasteiger partial charge in [-0.25, -0.2) is 8.42 Å². The van der Waals surface area contributed by atoms with Crippen LogP contribution in [0.1, 0.15) is 22.8 Å². The predicted octanol–water partition coefficient (Wildman–Crippen LogP) is 4.64. The molecule has 1 heterocycles. The van der Waals surface area contributed by atoms with Crippen molar-refractivity contribution >= 4 is 44.6 Å². The van der Waals surface area contributed by atoms with Crippen molar-refractivity contribution in [3.63, 3.8) is 0 Å². The molecular weight excluding hydrogens is 454 g/mol. The number of carbonyl (C=O) groups excluding carboxylic acids is 1. The fraction of sp³-hybridized carbons (Fsp3) is 0.136. The van der Waals surface area contributed by atoms with Gasteiger partial charge in [0.2, 0.25) is 0 Å². The number of non-ortho nitro benzene ring substituents is 1. The number of carbonyl (C=O) groups is 1. The van der Waals surface area contributed by atoms with E-state index >= 15 is 0 Å². The molecule has 4 rings (SSSR count). The van der Waals surface area contributed by atoms with Crippen LogP contribution in [0.5, 0.6) is 0 Å². The van der Waals surface area contributed by atoms with Gasteiger partial charge in [0.05, 0.1) is 15.5 Å². The Kier molecular flexibility index (Phi) is 5.62. The number of anilines is 2. The number of hydrogen-bond acceptors (Lipinski definition) is 5. The van der Waals surface area contributed by atoms with Crippen LogP contribution >= 0.6 is 11.6 Å². The molecule has 1 amide bonds. The van der Waals surface area contributed by atoms with Gasteiger partial charge in [-0.2, -0.15) is 0 Å². The molecule has 1 aliphatic heterocycles. The third-order valence-electron chi connectivity index (χ3n) is 5.18. The largest absolute Gasteiger partial charge is 0.322 e. The molecule has 164 valence electrons. The summed E-state index contributed by atoms with van der Waals surface area (Å²) in [5, 5.41) is 14.0. The molecule has 1 N–H and O–H groups in total. The molecule has 0 radical (unpaired) electrons. The topological polar surface area (TPSA) is 110 Å². The van der Waals surface area contributed by atoms with Crippen LogP contribution in [0.25, 0.3) is 0 Å². The monoisotopic (exact) mass is 471 g/mol. The van der Waals surface area contributed by atoms with E-state index in [0.717, 1.165) is 5.56 Å². The van der Waals surface area contributed by atoms with Crippen LogP contribution in [0, 0.1) is 10.1 Å². The van der Waals surface area contributed by atoms with E-state index in [0.29, 0.717) is 28.4 Å². The first-order chi connectivity index (χ1) is 15.2. The van der Waals surface area contributed by atoms with Gasteiger partial charge in [-0.05, 0) is 67.4 Å². The molecule has 10 heteroatoms. The zero-order valence-corrected chi connectivity index (χ0v) is 18.4. The van der Waals surface area contributed by atoms with Crippen LogP contribution in [-0.4, -0.2) is 25.3 Å². The van der Waals surface area contributed by atoms with Crippen LogP contribution in [-0.2, 0) is 16.4 Å². The minimum atomic E-state index is -3.80. The van der Waals surface area contributed by atoms with Crippen molar-refractivity contribution in [2.45, 2.75) is 24.3 Å². The van der Waals surface area contributed by atoms with Crippen molar-refractivity contribution in [3.8, 4) is 0 Å². The van der Waals surface area contributed by atoms with Gasteiger partial charge < -0.3 is 5.32 Å². The van der Waals surface area contributed by atoms with E-state index in [1.54, 1.807) is 25.1 Å². The first-order valence-corrected chi connectivity index (χ1v) is 11.5. The summed E-state index contributed by atoms with van der Waals surface area (Å²) in [6, 6.07) is 16.1. The van der Waals surface area contributed by atoms with E-state index in [9.17, 15) is 23.3 Å². The lowest BCUT2D eigenvalue weighted by molar-refractivity contribution is -0.384. The summed E-state index contributed by atoms with van der Waals surface area (Å²) in [4.78, 5) is 23.2. The first kappa shape index (κ1) is 21.8. The Labute approximate surface area is 189 Å². The summed E-state index contributed by atoms with van der Waals surface area (Å²) in [6.07, 6.45) is 0.445. The molecule has 0 aromatic heterocycles. The average Bonchev–Trinajstić information content (AvgIpc) is 3.09. The maximum atomic E-state index is 13.2. The second-order valence-electron chi connectivity index (χ2n) is 7.41. The standard InChI is InChI=1S/C22H18ClN3O5S/c1-14-11-16-12-15(22(27)24-18-3-2-4-19(13-18)26(28)29)5-10-21(16)25(14)32(30,31)20-8-6-17(23)7-9-20/h2-10,12-14H,11H2,1H3,(H,24,27)/t14-/m0/s1. The summed E-state index contributed by atoms with van der Waals surface area (Å²) >= 11 is 5.88. The van der Waals surface area contributed by atoms with E-state index in [1.165, 1.54) is 52.8 Å². The molecule has 8 nitrogen and oxygen atoms in total. The van der Waals surface area contributed by atoms with Crippen LogP contribution < -0.4 is 9.62 Å². The molecule has 0 saturated carbocycles. The van der Waals surface area contributed by atoms with Crippen molar-refractivity contribution in [2.24, 2.45) is 0 Å². The number of nitrogens with one attached hydrogen (secondary N) is 1. The number of rotatable bonds is 5. The van der Waals surface area contributed by atoms with E-state index in [4.69, 9.17) is 11.6 Å². The van der Waals surface area contributed by atoms with Crippen molar-refractivity contribution in [3.05, 3.63) is 93.0 Å². The Bertz CT molecular complexity index is 1330. The van der Waals surface area contributed by atoms with E-state index in [-0.39, 0.29) is 16.6 Å². The summed E-state index contributed by atoms with van der Waals surface area (Å²) in [6.45, 7) is 1.80. The molecule has 0 aliphatic carbocycles. The fourth-order valence-corrected chi connectivity index (χ4v) is 5.55. The number of amides is 1. The number of halogens is 1. The second-order valence-corrected chi connectivity index (χ2v) is 9.66. The van der Waals surface area contributed by atoms with Crippen molar-refractivity contribution in [1.82, 2.24) is 0 Å².